The molecule has 0 atom stereocenters. The van der Waals surface area contributed by atoms with Crippen LogP contribution >= 0.6 is 11.3 Å². The van der Waals surface area contributed by atoms with Gasteiger partial charge in [0.05, 0.1) is 17.7 Å². The van der Waals surface area contributed by atoms with Crippen molar-refractivity contribution in [1.82, 2.24) is 10.3 Å². The summed E-state index contributed by atoms with van der Waals surface area (Å²) in [6.45, 7) is 7.41. The van der Waals surface area contributed by atoms with Crippen LogP contribution in [0.25, 0.3) is 0 Å². The molecule has 20 heavy (non-hydrogen) atoms. The number of hydrogen-bond donors (Lipinski definition) is 2. The minimum Gasteiger partial charge on any atom is -0.385 e. The number of benzene rings is 1. The van der Waals surface area contributed by atoms with Crippen LogP contribution in [0.5, 0.6) is 0 Å². The van der Waals surface area contributed by atoms with Crippen LogP contribution in [0.1, 0.15) is 33.4 Å². The number of aryl methyl sites for hydroxylation is 2. The fourth-order valence-electron chi connectivity index (χ4n) is 1.95. The maximum Gasteiger partial charge on any atom is 0.251 e. The molecule has 0 aliphatic carbocycles. The zero-order valence-corrected chi connectivity index (χ0v) is 12.8. The molecule has 1 aromatic heterocycles. The van der Waals surface area contributed by atoms with E-state index >= 15 is 0 Å². The predicted molar refractivity (Wildman–Crippen MR) is 83.4 cm³/mol. The van der Waals surface area contributed by atoms with Gasteiger partial charge in [0.1, 0.15) is 0 Å². The molecule has 106 valence electrons. The van der Waals surface area contributed by atoms with Crippen molar-refractivity contribution in [2.45, 2.75) is 27.3 Å². The Morgan fingerprint density at radius 1 is 1.35 bits per heavy atom. The van der Waals surface area contributed by atoms with Gasteiger partial charge < -0.3 is 10.6 Å². The van der Waals surface area contributed by atoms with Gasteiger partial charge in [-0.2, -0.15) is 0 Å². The number of carbonyl (C=O) groups excluding carboxylic acids is 1. The highest BCUT2D eigenvalue weighted by atomic mass is 32.1. The van der Waals surface area contributed by atoms with E-state index in [4.69, 9.17) is 0 Å². The first-order valence-electron chi connectivity index (χ1n) is 6.63. The molecule has 2 N–H and O–H groups in total. The van der Waals surface area contributed by atoms with Crippen LogP contribution in [0.4, 0.5) is 5.69 Å². The van der Waals surface area contributed by atoms with E-state index < -0.39 is 0 Å². The molecular formula is C15H19N3OS. The minimum absolute atomic E-state index is 0.0519. The minimum atomic E-state index is -0.0519. The average Bonchev–Trinajstić information content (AvgIpc) is 2.84. The van der Waals surface area contributed by atoms with Gasteiger partial charge in [-0.15, -0.1) is 11.3 Å². The van der Waals surface area contributed by atoms with Gasteiger partial charge in [0.2, 0.25) is 0 Å². The maximum absolute atomic E-state index is 12.1. The summed E-state index contributed by atoms with van der Waals surface area (Å²) >= 11 is 1.56. The second-order valence-electron chi connectivity index (χ2n) is 4.60. The van der Waals surface area contributed by atoms with Crippen LogP contribution in [0.3, 0.4) is 0 Å². The van der Waals surface area contributed by atoms with Gasteiger partial charge in [0, 0.05) is 22.7 Å². The Morgan fingerprint density at radius 3 is 2.75 bits per heavy atom. The van der Waals surface area contributed by atoms with Gasteiger partial charge in [-0.1, -0.05) is 0 Å². The molecule has 0 saturated heterocycles. The number of anilines is 1. The number of nitrogens with one attached hydrogen (secondary N) is 2. The molecule has 2 rings (SSSR count). The largest absolute Gasteiger partial charge is 0.385 e. The summed E-state index contributed by atoms with van der Waals surface area (Å²) in [4.78, 5) is 17.4. The Hall–Kier alpha value is -1.88. The summed E-state index contributed by atoms with van der Waals surface area (Å²) in [6.07, 6.45) is 0. The van der Waals surface area contributed by atoms with E-state index in [0.29, 0.717) is 12.1 Å². The van der Waals surface area contributed by atoms with Crippen LogP contribution < -0.4 is 10.6 Å². The Kier molecular flexibility index (Phi) is 4.74. The first kappa shape index (κ1) is 14.5. The number of hydrogen-bond acceptors (Lipinski definition) is 4. The van der Waals surface area contributed by atoms with Gasteiger partial charge >= 0.3 is 0 Å². The third-order valence-electron chi connectivity index (χ3n) is 3.11. The highest BCUT2D eigenvalue weighted by Crippen LogP contribution is 2.17. The highest BCUT2D eigenvalue weighted by Gasteiger charge is 2.09. The summed E-state index contributed by atoms with van der Waals surface area (Å²) in [7, 11) is 0. The van der Waals surface area contributed by atoms with Crippen LogP contribution in [-0.2, 0) is 6.54 Å². The zero-order chi connectivity index (χ0) is 14.5. The van der Waals surface area contributed by atoms with E-state index in [0.717, 1.165) is 28.4 Å². The molecule has 0 bridgehead atoms. The number of amides is 1. The molecule has 4 nitrogen and oxygen atoms in total. The molecule has 1 amide bonds. The van der Waals surface area contributed by atoms with E-state index in [1.165, 1.54) is 0 Å². The topological polar surface area (TPSA) is 54.0 Å². The standard InChI is InChI=1S/C15H19N3OS/c1-4-16-13-6-5-12(7-10(13)2)15(19)17-8-14-11(3)18-9-20-14/h5-7,9,16H,4,8H2,1-3H3,(H,17,19). The van der Waals surface area contributed by atoms with Crippen LogP contribution in [0.2, 0.25) is 0 Å². The quantitative estimate of drug-likeness (QED) is 0.889. The van der Waals surface area contributed by atoms with Crippen molar-refractivity contribution >= 4 is 22.9 Å². The summed E-state index contributed by atoms with van der Waals surface area (Å²) in [5, 5.41) is 6.20. The molecule has 0 unspecified atom stereocenters. The average molecular weight is 289 g/mol. The Balaban J connectivity index is 2.02. The van der Waals surface area contributed by atoms with E-state index in [9.17, 15) is 4.79 Å². The van der Waals surface area contributed by atoms with Gasteiger partial charge in [-0.05, 0) is 44.5 Å². The molecule has 0 spiro atoms. The first-order chi connectivity index (χ1) is 9.61. The van der Waals surface area contributed by atoms with E-state index in [1.807, 2.05) is 32.0 Å². The van der Waals surface area contributed by atoms with Gasteiger partial charge in [0.25, 0.3) is 5.91 Å². The predicted octanol–water partition coefficient (Wildman–Crippen LogP) is 3.12. The fourth-order valence-corrected chi connectivity index (χ4v) is 2.67. The molecule has 5 heteroatoms. The lowest BCUT2D eigenvalue weighted by atomic mass is 10.1. The van der Waals surface area contributed by atoms with Crippen molar-refractivity contribution in [3.05, 3.63) is 45.4 Å². The smallest absolute Gasteiger partial charge is 0.251 e. The molecule has 0 fully saturated rings. The van der Waals surface area contributed by atoms with E-state index in [1.54, 1.807) is 16.8 Å². The van der Waals surface area contributed by atoms with Crippen molar-refractivity contribution in [3.8, 4) is 0 Å². The SMILES string of the molecule is CCNc1ccc(C(=O)NCc2scnc2C)cc1C. The molecule has 0 saturated carbocycles. The summed E-state index contributed by atoms with van der Waals surface area (Å²) < 4.78 is 0. The van der Waals surface area contributed by atoms with Crippen molar-refractivity contribution < 1.29 is 4.79 Å². The van der Waals surface area contributed by atoms with Gasteiger partial charge in [-0.25, -0.2) is 4.98 Å². The van der Waals surface area contributed by atoms with Crippen molar-refractivity contribution in [2.24, 2.45) is 0 Å². The first-order valence-corrected chi connectivity index (χ1v) is 7.51. The zero-order valence-electron chi connectivity index (χ0n) is 12.0. The van der Waals surface area contributed by atoms with Crippen molar-refractivity contribution in [2.75, 3.05) is 11.9 Å². The number of carbonyl (C=O) groups is 1. The summed E-state index contributed by atoms with van der Waals surface area (Å²) in [5.41, 5.74) is 5.61. The molecular weight excluding hydrogens is 270 g/mol. The lowest BCUT2D eigenvalue weighted by molar-refractivity contribution is 0.0951. The van der Waals surface area contributed by atoms with Crippen molar-refractivity contribution in [3.63, 3.8) is 0 Å². The van der Waals surface area contributed by atoms with Crippen LogP contribution in [0, 0.1) is 13.8 Å². The number of thiazole rings is 1. The van der Waals surface area contributed by atoms with Crippen molar-refractivity contribution in [1.29, 1.82) is 0 Å². The second-order valence-corrected chi connectivity index (χ2v) is 5.54. The lowest BCUT2D eigenvalue weighted by Crippen LogP contribution is -2.22. The third-order valence-corrected chi connectivity index (χ3v) is 4.05. The van der Waals surface area contributed by atoms with Crippen LogP contribution in [-0.4, -0.2) is 17.4 Å². The lowest BCUT2D eigenvalue weighted by Gasteiger charge is -2.10. The van der Waals surface area contributed by atoms with E-state index in [-0.39, 0.29) is 5.91 Å². The summed E-state index contributed by atoms with van der Waals surface area (Å²) in [6, 6.07) is 5.71. The van der Waals surface area contributed by atoms with Gasteiger partial charge in [0.15, 0.2) is 0 Å². The fraction of sp³-hybridized carbons (Fsp3) is 0.333. The molecule has 0 radical (unpaired) electrons. The Morgan fingerprint density at radius 2 is 2.15 bits per heavy atom. The molecule has 0 aliphatic heterocycles. The second kappa shape index (κ2) is 6.52. The Labute approximate surface area is 123 Å². The Bertz CT molecular complexity index is 607. The van der Waals surface area contributed by atoms with Crippen LogP contribution in [0.15, 0.2) is 23.7 Å². The highest BCUT2D eigenvalue weighted by molar-refractivity contribution is 7.09. The number of rotatable bonds is 5. The molecule has 1 heterocycles. The molecule has 2 aromatic rings. The number of nitrogens with zero attached hydrogens (tertiary/aromatic N) is 1. The third kappa shape index (κ3) is 3.36. The number of aromatic nitrogens is 1. The monoisotopic (exact) mass is 289 g/mol. The van der Waals surface area contributed by atoms with Gasteiger partial charge in [-0.3, -0.25) is 4.79 Å². The maximum atomic E-state index is 12.1. The van der Waals surface area contributed by atoms with E-state index in [2.05, 4.69) is 22.5 Å². The normalized spacial score (nSPS) is 10.3. The summed E-state index contributed by atoms with van der Waals surface area (Å²) in [5.74, 6) is -0.0519. The molecule has 1 aromatic carbocycles. The molecule has 0 aliphatic rings.